The molecular weight excluding hydrogens is 260 g/mol. The second-order valence-electron chi connectivity index (χ2n) is 5.11. The van der Waals surface area contributed by atoms with Crippen LogP contribution in [0.25, 0.3) is 11.0 Å². The van der Waals surface area contributed by atoms with Gasteiger partial charge in [-0.05, 0) is 38.5 Å². The molecule has 3 N–H and O–H groups in total. The maximum atomic E-state index is 12.1. The van der Waals surface area contributed by atoms with E-state index in [0.29, 0.717) is 23.0 Å². The molecule has 0 saturated heterocycles. The molecule has 0 aliphatic heterocycles. The summed E-state index contributed by atoms with van der Waals surface area (Å²) in [4.78, 5) is 7.30. The van der Waals surface area contributed by atoms with Crippen LogP contribution in [-0.4, -0.2) is 19.9 Å². The summed E-state index contributed by atoms with van der Waals surface area (Å²) in [6.45, 7) is 3.67. The Hall–Kier alpha value is -1.87. The number of aromatic nitrogens is 2. The van der Waals surface area contributed by atoms with Crippen molar-refractivity contribution in [3.63, 3.8) is 0 Å². The highest BCUT2D eigenvalue weighted by molar-refractivity contribution is 7.84. The van der Waals surface area contributed by atoms with Crippen LogP contribution < -0.4 is 5.73 Å². The van der Waals surface area contributed by atoms with E-state index in [1.54, 1.807) is 18.2 Å². The third-order valence-corrected chi connectivity index (χ3v) is 4.11. The molecule has 2 aromatic rings. The maximum Gasteiger partial charge on any atom is 0.197 e. The van der Waals surface area contributed by atoms with E-state index >= 15 is 0 Å². The van der Waals surface area contributed by atoms with E-state index in [4.69, 9.17) is 11.0 Å². The van der Waals surface area contributed by atoms with Gasteiger partial charge in [-0.3, -0.25) is 4.21 Å². The molecule has 0 saturated carbocycles. The lowest BCUT2D eigenvalue weighted by Gasteiger charge is -2.13. The number of anilines is 1. The van der Waals surface area contributed by atoms with Crippen molar-refractivity contribution in [3.05, 3.63) is 18.2 Å². The van der Waals surface area contributed by atoms with Crippen molar-refractivity contribution in [1.82, 2.24) is 9.97 Å². The molecular formula is C13H16N4OS. The van der Waals surface area contributed by atoms with Crippen LogP contribution in [0.15, 0.2) is 23.4 Å². The van der Waals surface area contributed by atoms with Crippen molar-refractivity contribution in [2.45, 2.75) is 25.4 Å². The van der Waals surface area contributed by atoms with Crippen molar-refractivity contribution in [3.8, 4) is 6.07 Å². The number of hydrogen-bond donors (Lipinski definition) is 2. The Morgan fingerprint density at radius 1 is 1.53 bits per heavy atom. The van der Waals surface area contributed by atoms with Crippen molar-refractivity contribution < 1.29 is 4.21 Å². The minimum atomic E-state index is -1.23. The summed E-state index contributed by atoms with van der Waals surface area (Å²) >= 11 is 0. The summed E-state index contributed by atoms with van der Waals surface area (Å²) in [5, 5.41) is 9.38. The lowest BCUT2D eigenvalue weighted by Crippen LogP contribution is -2.13. The number of hydrogen-bond acceptors (Lipinski definition) is 4. The Labute approximate surface area is 114 Å². The van der Waals surface area contributed by atoms with Crippen molar-refractivity contribution >= 4 is 27.5 Å². The third kappa shape index (κ3) is 3.12. The topological polar surface area (TPSA) is 95.6 Å². The highest BCUT2D eigenvalue weighted by atomic mass is 32.2. The number of rotatable bonds is 4. The fraction of sp³-hybridized carbons (Fsp3) is 0.385. The summed E-state index contributed by atoms with van der Waals surface area (Å²) in [5.74, 6) is 0.413. The summed E-state index contributed by atoms with van der Waals surface area (Å²) in [7, 11) is -1.23. The molecule has 1 atom stereocenters. The van der Waals surface area contributed by atoms with Gasteiger partial charge in [0, 0.05) is 11.4 Å². The average molecular weight is 276 g/mol. The van der Waals surface area contributed by atoms with Gasteiger partial charge in [-0.25, -0.2) is 4.98 Å². The van der Waals surface area contributed by atoms with Gasteiger partial charge in [-0.1, -0.05) is 0 Å². The fourth-order valence-electron chi connectivity index (χ4n) is 1.61. The zero-order valence-corrected chi connectivity index (χ0v) is 11.8. The van der Waals surface area contributed by atoms with Gasteiger partial charge in [-0.2, -0.15) is 5.26 Å². The van der Waals surface area contributed by atoms with E-state index in [2.05, 4.69) is 16.0 Å². The van der Waals surface area contributed by atoms with Gasteiger partial charge in [0.1, 0.15) is 0 Å². The van der Waals surface area contributed by atoms with Gasteiger partial charge >= 0.3 is 0 Å². The van der Waals surface area contributed by atoms with Crippen LogP contribution >= 0.6 is 0 Å². The van der Waals surface area contributed by atoms with E-state index in [9.17, 15) is 4.21 Å². The highest BCUT2D eigenvalue weighted by Crippen LogP contribution is 2.21. The van der Waals surface area contributed by atoms with Crippen molar-refractivity contribution in [1.29, 1.82) is 5.26 Å². The Morgan fingerprint density at radius 2 is 2.26 bits per heavy atom. The first-order valence-corrected chi connectivity index (χ1v) is 7.28. The van der Waals surface area contributed by atoms with E-state index in [-0.39, 0.29) is 0 Å². The monoisotopic (exact) mass is 276 g/mol. The second-order valence-corrected chi connectivity index (χ2v) is 6.60. The zero-order valence-electron chi connectivity index (χ0n) is 10.9. The average Bonchev–Trinajstić information content (AvgIpc) is 2.79. The lowest BCUT2D eigenvalue weighted by molar-refractivity contribution is 0.479. The van der Waals surface area contributed by atoms with E-state index in [1.807, 2.05) is 13.8 Å². The molecule has 6 heteroatoms. The van der Waals surface area contributed by atoms with Gasteiger partial charge < -0.3 is 10.7 Å². The van der Waals surface area contributed by atoms with E-state index in [0.717, 1.165) is 11.0 Å². The molecule has 0 spiro atoms. The number of fused-ring (bicyclic) bond motifs is 1. The first kappa shape index (κ1) is 13.6. The van der Waals surface area contributed by atoms with Crippen LogP contribution in [0.5, 0.6) is 0 Å². The standard InChI is InChI=1S/C13H16N4OS/c1-13(2,8-14)5-6-19(18)12-16-10-4-3-9(15)7-11(10)17-12/h3-4,7H,5-6,15H2,1-2H3,(H,16,17). The number of nitrogens with one attached hydrogen (secondary N) is 1. The molecule has 0 bridgehead atoms. The molecule has 19 heavy (non-hydrogen) atoms. The number of imidazole rings is 1. The maximum absolute atomic E-state index is 12.1. The third-order valence-electron chi connectivity index (χ3n) is 2.91. The number of H-pyrrole nitrogens is 1. The predicted molar refractivity (Wildman–Crippen MR) is 75.8 cm³/mol. The molecule has 100 valence electrons. The molecule has 0 aliphatic rings. The zero-order chi connectivity index (χ0) is 14.0. The first-order valence-electron chi connectivity index (χ1n) is 5.96. The number of nitrogens with two attached hydrogens (primary N) is 1. The van der Waals surface area contributed by atoms with Gasteiger partial charge in [0.25, 0.3) is 0 Å². The predicted octanol–water partition coefficient (Wildman–Crippen LogP) is 2.19. The Kier molecular flexibility index (Phi) is 3.58. The summed E-state index contributed by atoms with van der Waals surface area (Å²) in [6.07, 6.45) is 0.565. The summed E-state index contributed by atoms with van der Waals surface area (Å²) in [5.41, 5.74) is 7.38. The Morgan fingerprint density at radius 3 is 2.95 bits per heavy atom. The van der Waals surface area contributed by atoms with Crippen LogP contribution in [0, 0.1) is 16.7 Å². The van der Waals surface area contributed by atoms with E-state index < -0.39 is 16.2 Å². The number of nitrogen functional groups attached to an aromatic ring is 1. The van der Waals surface area contributed by atoms with Crippen LogP contribution in [0.1, 0.15) is 20.3 Å². The smallest absolute Gasteiger partial charge is 0.197 e. The van der Waals surface area contributed by atoms with Gasteiger partial charge in [0.2, 0.25) is 0 Å². The molecule has 1 unspecified atom stereocenters. The van der Waals surface area contributed by atoms with Crippen LogP contribution in [0.4, 0.5) is 5.69 Å². The molecule has 5 nitrogen and oxygen atoms in total. The Balaban J connectivity index is 2.16. The van der Waals surface area contributed by atoms with Crippen LogP contribution in [0.2, 0.25) is 0 Å². The van der Waals surface area contributed by atoms with Crippen molar-refractivity contribution in [2.75, 3.05) is 11.5 Å². The summed E-state index contributed by atoms with van der Waals surface area (Å²) < 4.78 is 12.1. The number of benzene rings is 1. The quantitative estimate of drug-likeness (QED) is 0.837. The molecule has 0 amide bonds. The highest BCUT2D eigenvalue weighted by Gasteiger charge is 2.19. The number of aromatic amines is 1. The van der Waals surface area contributed by atoms with Crippen LogP contribution in [0.3, 0.4) is 0 Å². The molecule has 2 rings (SSSR count). The SMILES string of the molecule is CC(C)(C#N)CCS(=O)c1nc2ccc(N)cc2[nH]1. The molecule has 1 heterocycles. The first-order chi connectivity index (χ1) is 8.91. The number of nitriles is 1. The number of nitrogens with zero attached hydrogens (tertiary/aromatic N) is 2. The molecule has 0 radical (unpaired) electrons. The fourth-order valence-corrected chi connectivity index (χ4v) is 2.93. The molecule has 0 aliphatic carbocycles. The molecule has 1 aromatic carbocycles. The second kappa shape index (κ2) is 5.02. The van der Waals surface area contributed by atoms with Gasteiger partial charge in [-0.15, -0.1) is 0 Å². The van der Waals surface area contributed by atoms with Gasteiger partial charge in [0.05, 0.1) is 33.3 Å². The molecule has 1 aromatic heterocycles. The lowest BCUT2D eigenvalue weighted by atomic mass is 9.93. The van der Waals surface area contributed by atoms with E-state index in [1.165, 1.54) is 0 Å². The summed E-state index contributed by atoms with van der Waals surface area (Å²) in [6, 6.07) is 7.52. The normalized spacial score (nSPS) is 13.3. The van der Waals surface area contributed by atoms with Gasteiger partial charge in [0.15, 0.2) is 5.16 Å². The van der Waals surface area contributed by atoms with Crippen molar-refractivity contribution in [2.24, 2.45) is 5.41 Å². The molecule has 0 fully saturated rings. The minimum absolute atomic E-state index is 0.413. The van der Waals surface area contributed by atoms with Crippen LogP contribution in [-0.2, 0) is 10.8 Å². The Bertz CT molecular complexity index is 669. The largest absolute Gasteiger partial charge is 0.399 e. The minimum Gasteiger partial charge on any atom is -0.399 e.